The summed E-state index contributed by atoms with van der Waals surface area (Å²) in [7, 11) is -3.77. The van der Waals surface area contributed by atoms with Crippen LogP contribution in [-0.2, 0) is 10.0 Å². The normalized spacial score (nSPS) is 12.5. The number of halogens is 2. The predicted octanol–water partition coefficient (Wildman–Crippen LogP) is 4.71. The molecule has 0 radical (unpaired) electrons. The summed E-state index contributed by atoms with van der Waals surface area (Å²) >= 11 is 11.9. The number of hydrogen-bond acceptors (Lipinski definition) is 3. The monoisotopic (exact) mass is 414 g/mol. The second kappa shape index (κ2) is 8.75. The minimum Gasteiger partial charge on any atom is -0.350 e. The minimum absolute atomic E-state index is 0.0339. The van der Waals surface area contributed by atoms with E-state index >= 15 is 0 Å². The highest BCUT2D eigenvalue weighted by molar-refractivity contribution is 7.92. The predicted molar refractivity (Wildman–Crippen MR) is 106 cm³/mol. The van der Waals surface area contributed by atoms with Gasteiger partial charge in [0.2, 0.25) is 0 Å². The van der Waals surface area contributed by atoms with Gasteiger partial charge in [-0.25, -0.2) is 8.42 Å². The van der Waals surface area contributed by atoms with Gasteiger partial charge in [-0.2, -0.15) is 0 Å². The van der Waals surface area contributed by atoms with Gasteiger partial charge in [-0.3, -0.25) is 9.52 Å². The van der Waals surface area contributed by atoms with Crippen molar-refractivity contribution in [2.75, 3.05) is 4.72 Å². The molecule has 5 nitrogen and oxygen atoms in total. The number of nitrogens with one attached hydrogen (secondary N) is 2. The lowest BCUT2D eigenvalue weighted by atomic mass is 10.1. The Hall–Kier alpha value is -1.76. The van der Waals surface area contributed by atoms with Crippen molar-refractivity contribution in [2.24, 2.45) is 0 Å². The van der Waals surface area contributed by atoms with Gasteiger partial charge in [0.05, 0.1) is 21.2 Å². The number of hydrogen-bond donors (Lipinski definition) is 2. The highest BCUT2D eigenvalue weighted by Crippen LogP contribution is 2.24. The molecule has 2 N–H and O–H groups in total. The molecule has 0 spiro atoms. The Morgan fingerprint density at radius 3 is 2.35 bits per heavy atom. The van der Waals surface area contributed by atoms with Gasteiger partial charge >= 0.3 is 0 Å². The van der Waals surface area contributed by atoms with Crippen molar-refractivity contribution in [1.29, 1.82) is 0 Å². The van der Waals surface area contributed by atoms with Gasteiger partial charge in [0, 0.05) is 11.1 Å². The Morgan fingerprint density at radius 1 is 1.12 bits per heavy atom. The zero-order valence-corrected chi connectivity index (χ0v) is 16.8. The Morgan fingerprint density at radius 2 is 1.77 bits per heavy atom. The van der Waals surface area contributed by atoms with Crippen molar-refractivity contribution in [3.63, 3.8) is 0 Å². The van der Waals surface area contributed by atoms with Crippen LogP contribution >= 0.6 is 23.2 Å². The van der Waals surface area contributed by atoms with Gasteiger partial charge < -0.3 is 5.32 Å². The SMILES string of the molecule is CCCC(C)NC(=O)c1ccc(NS(=O)(=O)c2ccc(Cl)cc2)cc1Cl. The molecule has 1 atom stereocenters. The molecule has 26 heavy (non-hydrogen) atoms. The molecule has 0 saturated carbocycles. The lowest BCUT2D eigenvalue weighted by molar-refractivity contribution is 0.0938. The van der Waals surface area contributed by atoms with Gasteiger partial charge in [-0.05, 0) is 55.8 Å². The summed E-state index contributed by atoms with van der Waals surface area (Å²) in [6.45, 7) is 3.96. The van der Waals surface area contributed by atoms with Crippen molar-refractivity contribution in [1.82, 2.24) is 5.32 Å². The van der Waals surface area contributed by atoms with E-state index in [1.165, 1.54) is 42.5 Å². The molecule has 0 fully saturated rings. The van der Waals surface area contributed by atoms with E-state index in [0.29, 0.717) is 10.6 Å². The number of carbonyl (C=O) groups excluding carboxylic acids is 1. The first-order chi connectivity index (χ1) is 12.2. The molecule has 0 heterocycles. The van der Waals surface area contributed by atoms with E-state index in [4.69, 9.17) is 23.2 Å². The molecule has 1 unspecified atom stereocenters. The Balaban J connectivity index is 2.16. The van der Waals surface area contributed by atoms with Gasteiger partial charge in [0.25, 0.3) is 15.9 Å². The van der Waals surface area contributed by atoms with Crippen molar-refractivity contribution < 1.29 is 13.2 Å². The van der Waals surface area contributed by atoms with Gasteiger partial charge in [0.15, 0.2) is 0 Å². The van der Waals surface area contributed by atoms with E-state index in [1.54, 1.807) is 0 Å². The lowest BCUT2D eigenvalue weighted by Gasteiger charge is -2.14. The van der Waals surface area contributed by atoms with Crippen LogP contribution in [0.25, 0.3) is 0 Å². The molecule has 2 aromatic rings. The van der Waals surface area contributed by atoms with Gasteiger partial charge in [0.1, 0.15) is 0 Å². The fourth-order valence-corrected chi connectivity index (χ4v) is 3.84. The number of carbonyl (C=O) groups is 1. The Kier molecular flexibility index (Phi) is 6.92. The number of benzene rings is 2. The molecule has 0 aromatic heterocycles. The van der Waals surface area contributed by atoms with Crippen LogP contribution in [0.5, 0.6) is 0 Å². The molecule has 2 rings (SSSR count). The molecule has 0 saturated heterocycles. The quantitative estimate of drug-likeness (QED) is 0.688. The van der Waals surface area contributed by atoms with Crippen LogP contribution in [0.3, 0.4) is 0 Å². The average Bonchev–Trinajstić information content (AvgIpc) is 2.55. The zero-order valence-electron chi connectivity index (χ0n) is 14.4. The van der Waals surface area contributed by atoms with Crippen LogP contribution in [-0.4, -0.2) is 20.4 Å². The summed E-state index contributed by atoms with van der Waals surface area (Å²) < 4.78 is 27.2. The minimum atomic E-state index is -3.77. The fraction of sp³-hybridized carbons (Fsp3) is 0.278. The Bertz CT molecular complexity index is 884. The van der Waals surface area contributed by atoms with Crippen molar-refractivity contribution >= 4 is 44.8 Å². The maximum absolute atomic E-state index is 12.4. The molecule has 0 aliphatic carbocycles. The fourth-order valence-electron chi connectivity index (χ4n) is 2.40. The van der Waals surface area contributed by atoms with Crippen molar-refractivity contribution in [3.8, 4) is 0 Å². The van der Waals surface area contributed by atoms with E-state index < -0.39 is 10.0 Å². The molecule has 2 aromatic carbocycles. The molecule has 1 amide bonds. The summed E-state index contributed by atoms with van der Waals surface area (Å²) in [4.78, 5) is 12.3. The second-order valence-electron chi connectivity index (χ2n) is 5.92. The maximum Gasteiger partial charge on any atom is 0.261 e. The maximum atomic E-state index is 12.4. The van der Waals surface area contributed by atoms with Crippen LogP contribution in [0.2, 0.25) is 10.0 Å². The topological polar surface area (TPSA) is 75.3 Å². The number of anilines is 1. The van der Waals surface area contributed by atoms with E-state index in [9.17, 15) is 13.2 Å². The van der Waals surface area contributed by atoms with Crippen LogP contribution in [0.1, 0.15) is 37.0 Å². The van der Waals surface area contributed by atoms with E-state index in [1.807, 2.05) is 13.8 Å². The molecule has 0 aliphatic rings. The average molecular weight is 415 g/mol. The van der Waals surface area contributed by atoms with E-state index in [-0.39, 0.29) is 27.6 Å². The first-order valence-corrected chi connectivity index (χ1v) is 10.4. The number of sulfonamides is 1. The van der Waals surface area contributed by atoms with Crippen LogP contribution in [0.15, 0.2) is 47.4 Å². The van der Waals surface area contributed by atoms with E-state index in [0.717, 1.165) is 12.8 Å². The van der Waals surface area contributed by atoms with Crippen molar-refractivity contribution in [3.05, 3.63) is 58.1 Å². The highest BCUT2D eigenvalue weighted by atomic mass is 35.5. The summed E-state index contributed by atoms with van der Waals surface area (Å²) in [5.74, 6) is -0.289. The van der Waals surface area contributed by atoms with Crippen LogP contribution in [0.4, 0.5) is 5.69 Å². The Labute approximate surface area is 163 Å². The standard InChI is InChI=1S/C18H20Cl2N2O3S/c1-3-4-12(2)21-18(23)16-10-7-14(11-17(16)20)22-26(24,25)15-8-5-13(19)6-9-15/h5-12,22H,3-4H2,1-2H3,(H,21,23). The van der Waals surface area contributed by atoms with E-state index in [2.05, 4.69) is 10.0 Å². The second-order valence-corrected chi connectivity index (χ2v) is 8.44. The third-order valence-corrected chi connectivity index (χ3v) is 5.65. The summed E-state index contributed by atoms with van der Waals surface area (Å²) in [5, 5.41) is 3.48. The van der Waals surface area contributed by atoms with Crippen LogP contribution < -0.4 is 10.0 Å². The zero-order chi connectivity index (χ0) is 19.3. The van der Waals surface area contributed by atoms with Crippen molar-refractivity contribution in [2.45, 2.75) is 37.6 Å². The molecule has 0 bridgehead atoms. The third-order valence-electron chi connectivity index (χ3n) is 3.69. The molecule has 0 aliphatic heterocycles. The summed E-state index contributed by atoms with van der Waals surface area (Å²) in [6, 6.07) is 10.2. The summed E-state index contributed by atoms with van der Waals surface area (Å²) in [6.07, 6.45) is 1.82. The molecular weight excluding hydrogens is 395 g/mol. The van der Waals surface area contributed by atoms with Gasteiger partial charge in [-0.15, -0.1) is 0 Å². The lowest BCUT2D eigenvalue weighted by Crippen LogP contribution is -2.32. The highest BCUT2D eigenvalue weighted by Gasteiger charge is 2.17. The molecular formula is C18H20Cl2N2O3S. The molecule has 8 heteroatoms. The number of amides is 1. The molecule has 140 valence electrons. The first kappa shape index (κ1) is 20.6. The summed E-state index contributed by atoms with van der Waals surface area (Å²) in [5.41, 5.74) is 0.562. The first-order valence-electron chi connectivity index (χ1n) is 8.11. The number of rotatable bonds is 7. The van der Waals surface area contributed by atoms with Gasteiger partial charge in [-0.1, -0.05) is 36.5 Å². The van der Waals surface area contributed by atoms with Crippen LogP contribution in [0, 0.1) is 0 Å². The third kappa shape index (κ3) is 5.37. The smallest absolute Gasteiger partial charge is 0.261 e. The largest absolute Gasteiger partial charge is 0.350 e.